The fourth-order valence-corrected chi connectivity index (χ4v) is 4.14. The minimum Gasteiger partial charge on any atom is -0.479 e. The van der Waals surface area contributed by atoms with Gasteiger partial charge in [-0.2, -0.15) is 13.2 Å². The first kappa shape index (κ1) is 23.5. The number of imidazole rings is 1. The van der Waals surface area contributed by atoms with Crippen LogP contribution in [0.5, 0.6) is 5.88 Å². The quantitative estimate of drug-likeness (QED) is 0.439. The molecule has 5 rings (SSSR count). The lowest BCUT2D eigenvalue weighted by Gasteiger charge is -2.21. The summed E-state index contributed by atoms with van der Waals surface area (Å²) in [6, 6.07) is 7.94. The van der Waals surface area contributed by atoms with E-state index in [0.717, 1.165) is 17.8 Å². The Bertz CT molecular complexity index is 1410. The molecule has 1 atom stereocenters. The molecule has 36 heavy (non-hydrogen) atoms. The number of hydrogen-bond acceptors (Lipinski definition) is 6. The Morgan fingerprint density at radius 2 is 1.92 bits per heavy atom. The van der Waals surface area contributed by atoms with Crippen molar-refractivity contribution in [2.45, 2.75) is 38.4 Å². The molecule has 1 aliphatic rings. The first-order valence-electron chi connectivity index (χ1n) is 11.2. The topological polar surface area (TPSA) is 99.8 Å². The molecule has 0 aliphatic carbocycles. The summed E-state index contributed by atoms with van der Waals surface area (Å²) in [4.78, 5) is 26.4. The first-order chi connectivity index (χ1) is 17.2. The van der Waals surface area contributed by atoms with Crippen molar-refractivity contribution in [3.63, 3.8) is 0 Å². The smallest absolute Gasteiger partial charge is 0.416 e. The van der Waals surface area contributed by atoms with Crippen LogP contribution in [0.15, 0.2) is 48.9 Å². The van der Waals surface area contributed by atoms with Crippen molar-refractivity contribution in [1.29, 1.82) is 0 Å². The van der Waals surface area contributed by atoms with Gasteiger partial charge in [0.05, 0.1) is 30.6 Å². The van der Waals surface area contributed by atoms with Gasteiger partial charge in [0.15, 0.2) is 5.82 Å². The molecule has 4 heterocycles. The van der Waals surface area contributed by atoms with Crippen molar-refractivity contribution < 1.29 is 22.7 Å². The zero-order chi connectivity index (χ0) is 25.4. The Morgan fingerprint density at radius 1 is 1.14 bits per heavy atom. The highest BCUT2D eigenvalue weighted by Gasteiger charge is 2.32. The molecule has 0 bridgehead atoms. The summed E-state index contributed by atoms with van der Waals surface area (Å²) in [5.74, 6) is 0.249. The van der Waals surface area contributed by atoms with Gasteiger partial charge in [-0.05, 0) is 56.2 Å². The van der Waals surface area contributed by atoms with E-state index in [4.69, 9.17) is 4.74 Å². The number of nitrogens with zero attached hydrogens (tertiary/aromatic N) is 6. The Morgan fingerprint density at radius 3 is 2.58 bits per heavy atom. The number of alkyl halides is 3. The standard InChI is InChI=1S/C24H22F3N7O2/c1-14-12-33(13-28-14)19-10-9-18(30-23(19)36-2)20-31-21-17(4-3-11-34(21)32-20)22(35)29-16-7-5-15(6-8-16)24(25,26)27/h5-10,12-13,17H,3-4,11H2,1-2H3,(H,29,35). The van der Waals surface area contributed by atoms with Crippen LogP contribution in [-0.2, 0) is 17.5 Å². The molecule has 0 saturated heterocycles. The number of nitrogens with one attached hydrogen (secondary N) is 1. The summed E-state index contributed by atoms with van der Waals surface area (Å²) >= 11 is 0. The fraction of sp³-hybridized carbons (Fsp3) is 0.292. The van der Waals surface area contributed by atoms with Crippen LogP contribution in [0.1, 0.15) is 35.8 Å². The zero-order valence-corrected chi connectivity index (χ0v) is 19.5. The van der Waals surface area contributed by atoms with Crippen LogP contribution in [0.4, 0.5) is 18.9 Å². The molecule has 12 heteroatoms. The molecule has 1 unspecified atom stereocenters. The van der Waals surface area contributed by atoms with Gasteiger partial charge in [-0.15, -0.1) is 5.10 Å². The second-order valence-electron chi connectivity index (χ2n) is 8.42. The Hall–Kier alpha value is -4.22. The number of ether oxygens (including phenoxy) is 1. The molecule has 3 aromatic heterocycles. The summed E-state index contributed by atoms with van der Waals surface area (Å²) in [6.45, 7) is 2.48. The van der Waals surface area contributed by atoms with Gasteiger partial charge in [0, 0.05) is 18.4 Å². The molecular formula is C24H22F3N7O2. The summed E-state index contributed by atoms with van der Waals surface area (Å²) in [6.07, 6.45) is 0.330. The minimum atomic E-state index is -4.44. The number of methoxy groups -OCH3 is 1. The Balaban J connectivity index is 1.39. The van der Waals surface area contributed by atoms with Crippen LogP contribution in [-0.4, -0.2) is 42.3 Å². The second-order valence-corrected chi connectivity index (χ2v) is 8.42. The number of amides is 1. The number of pyridine rings is 1. The van der Waals surface area contributed by atoms with Crippen molar-refractivity contribution in [2.24, 2.45) is 0 Å². The number of benzene rings is 1. The maximum atomic E-state index is 13.0. The number of halogens is 3. The molecule has 0 fully saturated rings. The summed E-state index contributed by atoms with van der Waals surface area (Å²) in [5, 5.41) is 7.24. The first-order valence-corrected chi connectivity index (χ1v) is 11.2. The number of fused-ring (bicyclic) bond motifs is 1. The SMILES string of the molecule is COc1nc(-c2nc3n(n2)CCCC3C(=O)Nc2ccc(C(F)(F)F)cc2)ccc1-n1cnc(C)c1. The Labute approximate surface area is 204 Å². The van der Waals surface area contributed by atoms with E-state index in [9.17, 15) is 18.0 Å². The van der Waals surface area contributed by atoms with E-state index < -0.39 is 17.7 Å². The average molecular weight is 497 g/mol. The summed E-state index contributed by atoms with van der Waals surface area (Å²) in [7, 11) is 1.52. The highest BCUT2D eigenvalue weighted by Crippen LogP contribution is 2.32. The molecule has 1 N–H and O–H groups in total. The van der Waals surface area contributed by atoms with Crippen LogP contribution in [0.2, 0.25) is 0 Å². The lowest BCUT2D eigenvalue weighted by Crippen LogP contribution is -2.28. The molecule has 1 amide bonds. The van der Waals surface area contributed by atoms with Gasteiger partial charge in [0.25, 0.3) is 0 Å². The monoisotopic (exact) mass is 497 g/mol. The van der Waals surface area contributed by atoms with Crippen molar-refractivity contribution in [3.05, 3.63) is 66.0 Å². The highest BCUT2D eigenvalue weighted by atomic mass is 19.4. The number of anilines is 1. The van der Waals surface area contributed by atoms with E-state index >= 15 is 0 Å². The van der Waals surface area contributed by atoms with Crippen LogP contribution < -0.4 is 10.1 Å². The third kappa shape index (κ3) is 4.53. The molecule has 9 nitrogen and oxygen atoms in total. The Kier molecular flexibility index (Phi) is 5.94. The van der Waals surface area contributed by atoms with Gasteiger partial charge < -0.3 is 14.6 Å². The van der Waals surface area contributed by atoms with Gasteiger partial charge in [0.2, 0.25) is 11.8 Å². The van der Waals surface area contributed by atoms with Crippen LogP contribution >= 0.6 is 0 Å². The van der Waals surface area contributed by atoms with Crippen molar-refractivity contribution in [2.75, 3.05) is 12.4 Å². The van der Waals surface area contributed by atoms with Crippen LogP contribution in [0.25, 0.3) is 17.2 Å². The zero-order valence-electron chi connectivity index (χ0n) is 19.5. The number of carbonyl (C=O) groups excluding carboxylic acids is 1. The molecular weight excluding hydrogens is 475 g/mol. The second kappa shape index (κ2) is 9.10. The van der Waals surface area contributed by atoms with Crippen molar-refractivity contribution in [3.8, 4) is 23.1 Å². The van der Waals surface area contributed by atoms with Gasteiger partial charge in [-0.3, -0.25) is 4.79 Å². The van der Waals surface area contributed by atoms with Crippen molar-refractivity contribution in [1.82, 2.24) is 29.3 Å². The third-order valence-electron chi connectivity index (χ3n) is 5.92. The molecule has 0 spiro atoms. The maximum absolute atomic E-state index is 13.0. The summed E-state index contributed by atoms with van der Waals surface area (Å²) in [5.41, 5.74) is 1.54. The number of carbonyl (C=O) groups is 1. The van der Waals surface area contributed by atoms with Crippen LogP contribution in [0, 0.1) is 6.92 Å². The maximum Gasteiger partial charge on any atom is 0.416 e. The highest BCUT2D eigenvalue weighted by molar-refractivity contribution is 5.95. The fourth-order valence-electron chi connectivity index (χ4n) is 4.14. The molecule has 1 aliphatic heterocycles. The normalized spacial score (nSPS) is 15.4. The van der Waals surface area contributed by atoms with Gasteiger partial charge >= 0.3 is 6.18 Å². The largest absolute Gasteiger partial charge is 0.479 e. The number of rotatable bonds is 5. The molecule has 186 valence electrons. The molecule has 1 aromatic carbocycles. The van der Waals surface area contributed by atoms with E-state index in [-0.39, 0.29) is 11.6 Å². The lowest BCUT2D eigenvalue weighted by molar-refractivity contribution is -0.137. The number of aryl methyl sites for hydroxylation is 2. The number of hydrogen-bond donors (Lipinski definition) is 1. The predicted octanol–water partition coefficient (Wildman–Crippen LogP) is 4.38. The molecule has 0 radical (unpaired) electrons. The molecule has 4 aromatic rings. The molecule has 0 saturated carbocycles. The average Bonchev–Trinajstić information content (AvgIpc) is 3.49. The summed E-state index contributed by atoms with van der Waals surface area (Å²) < 4.78 is 47.4. The van der Waals surface area contributed by atoms with E-state index in [1.54, 1.807) is 21.6 Å². The minimum absolute atomic E-state index is 0.279. The van der Waals surface area contributed by atoms with Crippen molar-refractivity contribution >= 4 is 11.6 Å². The van der Waals surface area contributed by atoms with Gasteiger partial charge in [-0.1, -0.05) is 0 Å². The lowest BCUT2D eigenvalue weighted by atomic mass is 9.98. The van der Waals surface area contributed by atoms with Gasteiger partial charge in [-0.25, -0.2) is 19.6 Å². The van der Waals surface area contributed by atoms with E-state index in [1.165, 1.54) is 19.2 Å². The van der Waals surface area contributed by atoms with Gasteiger partial charge in [0.1, 0.15) is 17.2 Å². The van der Waals surface area contributed by atoms with E-state index in [2.05, 4.69) is 25.4 Å². The van der Waals surface area contributed by atoms with E-state index in [0.29, 0.717) is 48.3 Å². The van der Waals surface area contributed by atoms with E-state index in [1.807, 2.05) is 19.2 Å². The predicted molar refractivity (Wildman–Crippen MR) is 124 cm³/mol. The van der Waals surface area contributed by atoms with Crippen LogP contribution in [0.3, 0.4) is 0 Å². The number of aromatic nitrogens is 6. The third-order valence-corrected chi connectivity index (χ3v) is 5.92.